The van der Waals surface area contributed by atoms with Crippen LogP contribution in [0.5, 0.6) is 0 Å². The number of benzene rings is 22. The van der Waals surface area contributed by atoms with Crippen molar-refractivity contribution in [2.45, 2.75) is 0 Å². The quantitative estimate of drug-likeness (QED) is 0.0889. The molecule has 0 aliphatic heterocycles. The summed E-state index contributed by atoms with van der Waals surface area (Å²) < 4.78 is 4.87. The fraction of sp³-hybridized carbons (Fsp3) is 0. The van der Waals surface area contributed by atoms with E-state index in [1.807, 2.05) is 12.1 Å². The fourth-order valence-corrected chi connectivity index (χ4v) is 22.5. The van der Waals surface area contributed by atoms with Crippen LogP contribution >= 0.6 is 0 Å². The van der Waals surface area contributed by atoms with E-state index in [2.05, 4.69) is 530 Å². The van der Waals surface area contributed by atoms with Crippen molar-refractivity contribution in [1.29, 1.82) is 0 Å². The topological polar surface area (TPSA) is 90.4 Å². The molecule has 0 radical (unpaired) electrons. The Bertz CT molecular complexity index is 10300. The molecule has 0 aliphatic carbocycles. The summed E-state index contributed by atoms with van der Waals surface area (Å²) in [4.78, 5) is 34.0. The lowest BCUT2D eigenvalue weighted by molar-refractivity contribution is 1.15. The summed E-state index contributed by atoms with van der Waals surface area (Å²) in [6.07, 6.45) is 0. The average molecular weight is 1870 g/mol. The Morgan fingerprint density at radius 2 is 0.435 bits per heavy atom. The van der Waals surface area contributed by atoms with Crippen molar-refractivity contribution in [2.24, 2.45) is 0 Å². The van der Waals surface area contributed by atoms with Gasteiger partial charge in [0.2, 0.25) is 0 Å². The van der Waals surface area contributed by atoms with Crippen LogP contribution in [0.25, 0.3) is 264 Å². The second kappa shape index (κ2) is 35.8. The van der Waals surface area contributed by atoms with Crippen molar-refractivity contribution >= 4 is 191 Å². The molecule has 0 N–H and O–H groups in total. The van der Waals surface area contributed by atoms with Crippen molar-refractivity contribution < 1.29 is 0 Å². The largest absolute Gasteiger partial charge is 0.307 e. The average Bonchev–Trinajstić information content (AvgIpc) is 1.56. The molecule has 22 aromatic carbocycles. The highest BCUT2D eigenvalue weighted by Gasteiger charge is 2.26. The summed E-state index contributed by atoms with van der Waals surface area (Å²) in [5.74, 6) is 0.830. The smallest absolute Gasteiger partial charge is 0.138 e. The van der Waals surface area contributed by atoms with Gasteiger partial charge < -0.3 is 9.13 Å². The molecular weight excluding hydrogens is 1780 g/mol. The number of aromatic nitrogens is 8. The third kappa shape index (κ3) is 14.8. The first-order chi connectivity index (χ1) is 72.9. The zero-order chi connectivity index (χ0) is 96.9. The molecule has 0 fully saturated rings. The summed E-state index contributed by atoms with van der Waals surface area (Å²) in [5, 5.41) is 22.5. The molecule has 0 saturated carbocycles. The van der Waals surface area contributed by atoms with Crippen molar-refractivity contribution in [3.63, 3.8) is 0 Å². The molecule has 30 aromatic rings. The van der Waals surface area contributed by atoms with E-state index < -0.39 is 0 Å². The van der Waals surface area contributed by atoms with Crippen LogP contribution in [0.4, 0.5) is 17.2 Å². The number of hydrogen-bond donors (Lipinski definition) is 0. The maximum Gasteiger partial charge on any atom is 0.138 e. The summed E-state index contributed by atoms with van der Waals surface area (Å²) in [6, 6.07) is 188. The maximum absolute atomic E-state index is 5.42. The molecule has 9 heteroatoms. The van der Waals surface area contributed by atoms with E-state index >= 15 is 0 Å². The van der Waals surface area contributed by atoms with Gasteiger partial charge in [0, 0.05) is 121 Å². The molecule has 0 atom stereocenters. The van der Waals surface area contributed by atoms with E-state index in [4.69, 9.17) is 29.9 Å². The molecule has 30 rings (SSSR count). The minimum atomic E-state index is 0.830. The monoisotopic (exact) mass is 1870 g/mol. The number of fused-ring (bicyclic) bond motifs is 25. The number of nitrogens with zero attached hydrogens (tertiary/aromatic N) is 9. The van der Waals surface area contributed by atoms with E-state index in [1.54, 1.807) is 0 Å². The SMILES string of the molecule is c1ccc(-c2c3ccccc3nc3c2ccc2ccc(-c4ccc(-n5c6ccccc6c6ccc7c8ccccc8n(-c8ccccc8)c7c65)cc4)nc23)cc1.c1ccc(-c2c3ccccc3nc3c2ccc2ccc(-c4ccc5c6ccccc6c6ccccc6c5c4)nc23)cc1.c1ccc(-c2ccc(N(c3ccc(-c4ccccc4)cc3)c3ccc4ccc5c(-c6ccccc6)c6ccccc6nc5c4n3)cc2)cc1. The van der Waals surface area contributed by atoms with Gasteiger partial charge in [-0.1, -0.05) is 419 Å². The molecule has 147 heavy (non-hydrogen) atoms. The molecule has 0 amide bonds. The zero-order valence-electron chi connectivity index (χ0n) is 79.8. The molecule has 9 nitrogen and oxygen atoms in total. The van der Waals surface area contributed by atoms with Gasteiger partial charge >= 0.3 is 0 Å². The molecule has 8 heterocycles. The minimum absolute atomic E-state index is 0.830. The third-order valence-corrected chi connectivity index (χ3v) is 29.3. The van der Waals surface area contributed by atoms with Gasteiger partial charge in [-0.2, -0.15) is 0 Å². The van der Waals surface area contributed by atoms with Crippen LogP contribution in [0.3, 0.4) is 0 Å². The van der Waals surface area contributed by atoms with Gasteiger partial charge in [-0.25, -0.2) is 29.9 Å². The first-order valence-electron chi connectivity index (χ1n) is 50.0. The summed E-state index contributed by atoms with van der Waals surface area (Å²) >= 11 is 0. The van der Waals surface area contributed by atoms with Crippen LogP contribution in [0.1, 0.15) is 0 Å². The Labute approximate surface area is 846 Å². The zero-order valence-corrected chi connectivity index (χ0v) is 79.8. The van der Waals surface area contributed by atoms with Crippen LogP contribution in [0, 0.1) is 0 Å². The van der Waals surface area contributed by atoms with Crippen LogP contribution < -0.4 is 4.90 Å². The van der Waals surface area contributed by atoms with E-state index in [1.165, 1.54) is 132 Å². The van der Waals surface area contributed by atoms with Crippen LogP contribution in [0.2, 0.25) is 0 Å². The Morgan fingerprint density at radius 1 is 0.156 bits per heavy atom. The maximum atomic E-state index is 5.42. The first-order valence-corrected chi connectivity index (χ1v) is 50.0. The van der Waals surface area contributed by atoms with E-state index in [0.717, 1.165) is 149 Å². The first kappa shape index (κ1) is 85.3. The van der Waals surface area contributed by atoms with Gasteiger partial charge in [0.15, 0.2) is 0 Å². The minimum Gasteiger partial charge on any atom is -0.307 e. The van der Waals surface area contributed by atoms with Gasteiger partial charge in [-0.15, -0.1) is 0 Å². The van der Waals surface area contributed by atoms with Crippen molar-refractivity contribution in [3.8, 4) is 89.5 Å². The number of rotatable bonds is 12. The lowest BCUT2D eigenvalue weighted by Gasteiger charge is -2.25. The van der Waals surface area contributed by atoms with Gasteiger partial charge in [0.1, 0.15) is 5.82 Å². The van der Waals surface area contributed by atoms with E-state index in [-0.39, 0.29) is 0 Å². The molecule has 0 aliphatic rings. The third-order valence-electron chi connectivity index (χ3n) is 29.3. The molecule has 0 saturated heterocycles. The number of hydrogen-bond acceptors (Lipinski definition) is 7. The van der Waals surface area contributed by atoms with E-state index in [0.29, 0.717) is 0 Å². The summed E-state index contributed by atoms with van der Waals surface area (Å²) in [6.45, 7) is 0. The van der Waals surface area contributed by atoms with Gasteiger partial charge in [0.25, 0.3) is 0 Å². The molecule has 0 bridgehead atoms. The molecule has 0 unspecified atom stereocenters. The highest BCUT2D eigenvalue weighted by molar-refractivity contribution is 6.28. The Balaban J connectivity index is 0.000000108. The number of anilines is 3. The molecular formula is C138H87N9. The summed E-state index contributed by atoms with van der Waals surface area (Å²) in [5.41, 5.74) is 33.3. The van der Waals surface area contributed by atoms with Crippen LogP contribution in [0.15, 0.2) is 528 Å². The molecule has 684 valence electrons. The summed E-state index contributed by atoms with van der Waals surface area (Å²) in [7, 11) is 0. The lowest BCUT2D eigenvalue weighted by Crippen LogP contribution is -2.11. The van der Waals surface area contributed by atoms with Gasteiger partial charge in [-0.05, 0) is 180 Å². The second-order valence-electron chi connectivity index (χ2n) is 37.7. The highest BCUT2D eigenvalue weighted by Crippen LogP contribution is 2.48. The van der Waals surface area contributed by atoms with Gasteiger partial charge in [0.05, 0.1) is 83.1 Å². The molecule has 0 spiro atoms. The number of para-hydroxylation sites is 6. The van der Waals surface area contributed by atoms with Crippen LogP contribution in [-0.2, 0) is 0 Å². The second-order valence-corrected chi connectivity index (χ2v) is 37.7. The Morgan fingerprint density at radius 3 is 0.844 bits per heavy atom. The van der Waals surface area contributed by atoms with Gasteiger partial charge in [-0.3, -0.25) is 4.90 Å². The highest BCUT2D eigenvalue weighted by atomic mass is 15.2. The van der Waals surface area contributed by atoms with Crippen LogP contribution in [-0.4, -0.2) is 39.0 Å². The lowest BCUT2D eigenvalue weighted by atomic mass is 9.92. The van der Waals surface area contributed by atoms with Crippen molar-refractivity contribution in [2.75, 3.05) is 4.90 Å². The Kier molecular flexibility index (Phi) is 20.8. The van der Waals surface area contributed by atoms with E-state index in [9.17, 15) is 0 Å². The van der Waals surface area contributed by atoms with Crippen molar-refractivity contribution in [3.05, 3.63) is 528 Å². The molecule has 8 aromatic heterocycles. The standard InChI is InChI=1S/C52H32N4.C46H31N3.C40H24N2/c1-3-13-34(14-4-1)48-42-19-7-10-20-45(42)54-50-43(48)29-25-35-26-32-44(53-49(35)50)33-23-27-37(28-24-33)56-47-22-12-9-18-39(47)41-31-30-40-38-17-8-11-21-46(38)55(51(40)52(41)56)36-15-5-2-6-16-36;1-4-12-32(13-5-1)34-20-26-38(27-21-34)49(39-28-22-35(23-29-39)33-14-6-2-7-15-33)43-31-25-37-24-30-41-44(36-16-8-3-9-17-36)40-18-10-11-19-42(40)47-46(41)45(37)48-43;1-2-10-25(11-3-1)38-33-16-8-9-17-37(33)42-40-34(38)22-18-26-20-23-36(41-39(26)40)27-19-21-32-30-14-5-4-12-28(30)29-13-6-7-15-31(29)35(32)24-27/h1-32H;1-31H;1-24H. The number of pyridine rings is 6. The van der Waals surface area contributed by atoms with Crippen molar-refractivity contribution in [1.82, 2.24) is 39.0 Å². The fourth-order valence-electron chi connectivity index (χ4n) is 22.5. The normalized spacial score (nSPS) is 11.7. The predicted molar refractivity (Wildman–Crippen MR) is 618 cm³/mol. The Hall–Kier alpha value is -19.7. The predicted octanol–water partition coefficient (Wildman–Crippen LogP) is 36.6.